The molecule has 0 aliphatic carbocycles. The van der Waals surface area contributed by atoms with E-state index in [9.17, 15) is 4.79 Å². The molecule has 1 amide bonds. The Balaban J connectivity index is 1.36. The van der Waals surface area contributed by atoms with E-state index in [0.29, 0.717) is 51.0 Å². The molecule has 1 aliphatic heterocycles. The van der Waals surface area contributed by atoms with E-state index in [1.807, 2.05) is 47.2 Å². The lowest BCUT2D eigenvalue weighted by Crippen LogP contribution is -2.33. The van der Waals surface area contributed by atoms with Crippen molar-refractivity contribution in [3.8, 4) is 5.75 Å². The molecule has 7 nitrogen and oxygen atoms in total. The van der Waals surface area contributed by atoms with E-state index in [1.54, 1.807) is 23.5 Å². The maximum Gasteiger partial charge on any atom is 0.289 e. The van der Waals surface area contributed by atoms with Gasteiger partial charge in [0.2, 0.25) is 0 Å². The fraction of sp³-hybridized carbons (Fsp3) is 0.259. The number of fused-ring (bicyclic) bond motifs is 3. The zero-order valence-electron chi connectivity index (χ0n) is 18.9. The fourth-order valence-corrected chi connectivity index (χ4v) is 4.10. The van der Waals surface area contributed by atoms with Crippen molar-refractivity contribution in [3.05, 3.63) is 108 Å². The highest BCUT2D eigenvalue weighted by Gasteiger charge is 2.20. The molecule has 0 radical (unpaired) electrons. The Morgan fingerprint density at radius 1 is 0.971 bits per heavy atom. The summed E-state index contributed by atoms with van der Waals surface area (Å²) >= 11 is 0. The van der Waals surface area contributed by atoms with Gasteiger partial charge in [0.15, 0.2) is 5.76 Å². The normalized spacial score (nSPS) is 14.6. The van der Waals surface area contributed by atoms with Crippen molar-refractivity contribution in [2.24, 2.45) is 0 Å². The zero-order valence-corrected chi connectivity index (χ0v) is 18.9. The highest BCUT2D eigenvalue weighted by Crippen LogP contribution is 2.23. The first-order valence-corrected chi connectivity index (χ1v) is 11.4. The molecule has 7 heteroatoms. The molecular weight excluding hydrogens is 430 g/mol. The predicted octanol–water partition coefficient (Wildman–Crippen LogP) is 4.17. The lowest BCUT2D eigenvalue weighted by molar-refractivity contribution is 0.0546. The van der Waals surface area contributed by atoms with E-state index in [-0.39, 0.29) is 5.91 Å². The maximum absolute atomic E-state index is 13.3. The van der Waals surface area contributed by atoms with Crippen LogP contribution in [0.15, 0.2) is 83.8 Å². The number of rotatable bonds is 3. The number of carbonyl (C=O) groups excluding carboxylic acids is 1. The van der Waals surface area contributed by atoms with Gasteiger partial charge in [0.25, 0.3) is 5.91 Å². The Morgan fingerprint density at radius 3 is 2.79 bits per heavy atom. The van der Waals surface area contributed by atoms with Crippen molar-refractivity contribution in [1.29, 1.82) is 0 Å². The van der Waals surface area contributed by atoms with E-state index in [1.165, 1.54) is 5.56 Å². The monoisotopic (exact) mass is 457 g/mol. The van der Waals surface area contributed by atoms with Crippen LogP contribution in [0.1, 0.15) is 33.0 Å². The summed E-state index contributed by atoms with van der Waals surface area (Å²) in [6, 6.07) is 20.0. The number of carbonyl (C=O) groups is 1. The number of furan rings is 1. The van der Waals surface area contributed by atoms with Crippen LogP contribution in [0.4, 0.5) is 0 Å². The second-order valence-electron chi connectivity index (χ2n) is 8.29. The van der Waals surface area contributed by atoms with E-state index in [2.05, 4.69) is 23.2 Å². The Labute approximate surface area is 198 Å². The molecule has 2 aromatic heterocycles. The number of amides is 1. The van der Waals surface area contributed by atoms with E-state index >= 15 is 0 Å². The number of hydrogen-bond donors (Lipinski definition) is 0. The highest BCUT2D eigenvalue weighted by molar-refractivity contribution is 5.91. The second kappa shape index (κ2) is 10.4. The lowest BCUT2D eigenvalue weighted by Gasteiger charge is -2.23. The van der Waals surface area contributed by atoms with Crippen molar-refractivity contribution in [1.82, 2.24) is 14.5 Å². The standard InChI is InChI=1S/C27H27N3O4/c31-27(26-9-8-24(34-26)19-29-11-10-28-20-29)30-12-13-32-14-15-33-25-7-2-1-6-23(25)17-21-4-3-5-22(16-21)18-30/h1-11,16,20H,12-15,17-19H2. The number of benzene rings is 2. The van der Waals surface area contributed by atoms with Crippen LogP contribution in [0.3, 0.4) is 0 Å². The molecule has 0 spiro atoms. The molecule has 2 bridgehead atoms. The van der Waals surface area contributed by atoms with Gasteiger partial charge in [-0.25, -0.2) is 4.98 Å². The van der Waals surface area contributed by atoms with Gasteiger partial charge in [-0.05, 0) is 34.9 Å². The fourth-order valence-electron chi connectivity index (χ4n) is 4.10. The summed E-state index contributed by atoms with van der Waals surface area (Å²) in [7, 11) is 0. The highest BCUT2D eigenvalue weighted by atomic mass is 16.5. The number of imidazole rings is 1. The van der Waals surface area contributed by atoms with Gasteiger partial charge in [0.05, 0.1) is 26.1 Å². The summed E-state index contributed by atoms with van der Waals surface area (Å²) in [5.74, 6) is 1.76. The topological polar surface area (TPSA) is 69.7 Å². The molecular formula is C27H27N3O4. The zero-order chi connectivity index (χ0) is 23.2. The Morgan fingerprint density at radius 2 is 1.88 bits per heavy atom. The molecule has 34 heavy (non-hydrogen) atoms. The number of aromatic nitrogens is 2. The van der Waals surface area contributed by atoms with E-state index in [0.717, 1.165) is 23.3 Å². The number of hydrogen-bond acceptors (Lipinski definition) is 5. The minimum absolute atomic E-state index is 0.153. The third-order valence-electron chi connectivity index (χ3n) is 5.78. The molecule has 174 valence electrons. The molecule has 2 aromatic carbocycles. The quantitative estimate of drug-likeness (QED) is 0.462. The van der Waals surface area contributed by atoms with Crippen molar-refractivity contribution in [2.75, 3.05) is 26.4 Å². The van der Waals surface area contributed by atoms with Gasteiger partial charge in [-0.3, -0.25) is 4.79 Å². The molecule has 5 rings (SSSR count). The summed E-state index contributed by atoms with van der Waals surface area (Å²) in [5.41, 5.74) is 3.37. The van der Waals surface area contributed by atoms with Crippen molar-refractivity contribution in [3.63, 3.8) is 0 Å². The van der Waals surface area contributed by atoms with Crippen molar-refractivity contribution in [2.45, 2.75) is 19.5 Å². The summed E-state index contributed by atoms with van der Waals surface area (Å²) in [6.45, 7) is 2.79. The van der Waals surface area contributed by atoms with Gasteiger partial charge in [-0.2, -0.15) is 0 Å². The summed E-state index contributed by atoms with van der Waals surface area (Å²) < 4.78 is 19.5. The first kappa shape index (κ1) is 22.0. The lowest BCUT2D eigenvalue weighted by atomic mass is 10.0. The first-order valence-electron chi connectivity index (χ1n) is 11.4. The smallest absolute Gasteiger partial charge is 0.289 e. The van der Waals surface area contributed by atoms with Gasteiger partial charge in [0, 0.05) is 31.9 Å². The van der Waals surface area contributed by atoms with Gasteiger partial charge in [-0.15, -0.1) is 0 Å². The molecule has 0 saturated heterocycles. The largest absolute Gasteiger partial charge is 0.491 e. The van der Waals surface area contributed by atoms with Crippen LogP contribution in [0.5, 0.6) is 5.75 Å². The van der Waals surface area contributed by atoms with Crippen LogP contribution in [0, 0.1) is 0 Å². The molecule has 1 aliphatic rings. The first-order chi connectivity index (χ1) is 16.7. The summed E-state index contributed by atoms with van der Waals surface area (Å²) in [6.07, 6.45) is 6.05. The number of nitrogens with zero attached hydrogens (tertiary/aromatic N) is 3. The Kier molecular flexibility index (Phi) is 6.72. The molecule has 4 aromatic rings. The summed E-state index contributed by atoms with van der Waals surface area (Å²) in [5, 5.41) is 0. The Bertz CT molecular complexity index is 1230. The van der Waals surface area contributed by atoms with Gasteiger partial charge in [-0.1, -0.05) is 42.5 Å². The van der Waals surface area contributed by atoms with Gasteiger partial charge >= 0.3 is 0 Å². The van der Waals surface area contributed by atoms with Crippen LogP contribution in [-0.2, 0) is 24.2 Å². The van der Waals surface area contributed by atoms with Gasteiger partial charge < -0.3 is 23.4 Å². The van der Waals surface area contributed by atoms with Crippen molar-refractivity contribution >= 4 is 5.91 Å². The van der Waals surface area contributed by atoms with Crippen LogP contribution in [-0.4, -0.2) is 46.7 Å². The molecule has 0 atom stereocenters. The maximum atomic E-state index is 13.3. The van der Waals surface area contributed by atoms with Crippen LogP contribution in [0.2, 0.25) is 0 Å². The summed E-state index contributed by atoms with van der Waals surface area (Å²) in [4.78, 5) is 19.2. The molecule has 0 fully saturated rings. The third-order valence-corrected chi connectivity index (χ3v) is 5.78. The number of ether oxygens (including phenoxy) is 2. The average molecular weight is 458 g/mol. The molecule has 0 unspecified atom stereocenters. The van der Waals surface area contributed by atoms with E-state index < -0.39 is 0 Å². The van der Waals surface area contributed by atoms with Crippen LogP contribution in [0.25, 0.3) is 0 Å². The molecule has 0 saturated carbocycles. The minimum atomic E-state index is -0.153. The molecule has 0 N–H and O–H groups in total. The van der Waals surface area contributed by atoms with Crippen molar-refractivity contribution < 1.29 is 18.7 Å². The van der Waals surface area contributed by atoms with E-state index in [4.69, 9.17) is 13.9 Å². The van der Waals surface area contributed by atoms with Crippen LogP contribution >= 0.6 is 0 Å². The Hall–Kier alpha value is -3.84. The molecule has 3 heterocycles. The minimum Gasteiger partial charge on any atom is -0.491 e. The van der Waals surface area contributed by atoms with Gasteiger partial charge in [0.1, 0.15) is 18.1 Å². The second-order valence-corrected chi connectivity index (χ2v) is 8.29. The van der Waals surface area contributed by atoms with Crippen LogP contribution < -0.4 is 4.74 Å². The SMILES string of the molecule is O=C(c1ccc(Cn2ccnc2)o1)N1CCOCCOc2ccccc2Cc2cccc(c2)C1. The predicted molar refractivity (Wildman–Crippen MR) is 127 cm³/mol. The third kappa shape index (κ3) is 5.38. The average Bonchev–Trinajstić information content (AvgIpc) is 3.53. The number of para-hydroxylation sites is 1.